The number of nitrogens with zero attached hydrogens (tertiary/aromatic N) is 1. The second kappa shape index (κ2) is 6.28. The molecule has 1 heterocycles. The Balaban J connectivity index is 2.18. The molecule has 0 unspecified atom stereocenters. The summed E-state index contributed by atoms with van der Waals surface area (Å²) in [4.78, 5) is 0. The highest BCUT2D eigenvalue weighted by atomic mass is 14.9. The summed E-state index contributed by atoms with van der Waals surface area (Å²) in [6, 6.07) is 8.83. The standard InChI is InChI=1S/C16H20N2/c1-3-5-6-10-18-11-9-15-8-7-14(12-16(15)18)13-17-4-2/h1,7-9,11-12,17H,4-6,10,13H2,2H3. The van der Waals surface area contributed by atoms with Gasteiger partial charge in [-0.2, -0.15) is 0 Å². The Morgan fingerprint density at radius 2 is 2.22 bits per heavy atom. The molecule has 1 N–H and O–H groups in total. The van der Waals surface area contributed by atoms with Gasteiger partial charge in [-0.3, -0.25) is 0 Å². The molecule has 0 saturated heterocycles. The van der Waals surface area contributed by atoms with E-state index in [0.717, 1.165) is 32.5 Å². The zero-order valence-corrected chi connectivity index (χ0v) is 10.9. The summed E-state index contributed by atoms with van der Waals surface area (Å²) < 4.78 is 2.29. The molecule has 0 aliphatic rings. The predicted octanol–water partition coefficient (Wildman–Crippen LogP) is 3.16. The fraction of sp³-hybridized carbons (Fsp3) is 0.375. The van der Waals surface area contributed by atoms with Gasteiger partial charge in [-0.05, 0) is 36.0 Å². The first-order chi connectivity index (χ1) is 8.85. The normalized spacial score (nSPS) is 10.7. The number of aromatic nitrogens is 1. The van der Waals surface area contributed by atoms with Crippen LogP contribution in [0.25, 0.3) is 10.9 Å². The molecule has 1 aromatic carbocycles. The van der Waals surface area contributed by atoms with E-state index in [-0.39, 0.29) is 0 Å². The van der Waals surface area contributed by atoms with Crippen molar-refractivity contribution in [2.24, 2.45) is 0 Å². The molecule has 2 nitrogen and oxygen atoms in total. The molecule has 0 bridgehead atoms. The SMILES string of the molecule is C#CCCCn1ccc2ccc(CNCC)cc21. The third-order valence-electron chi connectivity index (χ3n) is 3.14. The molecule has 2 aromatic rings. The second-order valence-electron chi connectivity index (χ2n) is 4.49. The number of rotatable bonds is 6. The van der Waals surface area contributed by atoms with Crippen LogP contribution < -0.4 is 5.32 Å². The molecule has 0 radical (unpaired) electrons. The van der Waals surface area contributed by atoms with Crippen LogP contribution in [-0.4, -0.2) is 11.1 Å². The molecule has 0 aliphatic carbocycles. The number of aryl methyl sites for hydroxylation is 1. The Labute approximate surface area is 109 Å². The fourth-order valence-electron chi connectivity index (χ4n) is 2.16. The lowest BCUT2D eigenvalue weighted by atomic mass is 10.1. The molecular weight excluding hydrogens is 220 g/mol. The quantitative estimate of drug-likeness (QED) is 0.606. The van der Waals surface area contributed by atoms with E-state index in [4.69, 9.17) is 6.42 Å². The van der Waals surface area contributed by atoms with E-state index >= 15 is 0 Å². The van der Waals surface area contributed by atoms with E-state index in [9.17, 15) is 0 Å². The minimum atomic E-state index is 0.844. The van der Waals surface area contributed by atoms with Crippen LogP contribution in [0, 0.1) is 12.3 Å². The van der Waals surface area contributed by atoms with Crippen LogP contribution in [0.15, 0.2) is 30.5 Å². The number of unbranched alkanes of at least 4 members (excludes halogenated alkanes) is 1. The van der Waals surface area contributed by atoms with Gasteiger partial charge in [-0.1, -0.05) is 19.1 Å². The molecular formula is C16H20N2. The van der Waals surface area contributed by atoms with Gasteiger partial charge in [0.15, 0.2) is 0 Å². The Morgan fingerprint density at radius 3 is 3.00 bits per heavy atom. The molecule has 0 saturated carbocycles. The van der Waals surface area contributed by atoms with Gasteiger partial charge in [0.05, 0.1) is 0 Å². The Bertz CT molecular complexity index is 546. The zero-order chi connectivity index (χ0) is 12.8. The maximum absolute atomic E-state index is 5.29. The zero-order valence-electron chi connectivity index (χ0n) is 10.9. The minimum Gasteiger partial charge on any atom is -0.347 e. The average molecular weight is 240 g/mol. The van der Waals surface area contributed by atoms with Crippen LogP contribution in [0.5, 0.6) is 0 Å². The third-order valence-corrected chi connectivity index (χ3v) is 3.14. The van der Waals surface area contributed by atoms with Crippen molar-refractivity contribution in [3.8, 4) is 12.3 Å². The molecule has 2 rings (SSSR count). The minimum absolute atomic E-state index is 0.844. The summed E-state index contributed by atoms with van der Waals surface area (Å²) in [5.74, 6) is 2.69. The van der Waals surface area contributed by atoms with E-state index in [0.29, 0.717) is 0 Å². The largest absolute Gasteiger partial charge is 0.347 e. The highest BCUT2D eigenvalue weighted by molar-refractivity contribution is 5.80. The van der Waals surface area contributed by atoms with Gasteiger partial charge in [0.1, 0.15) is 0 Å². The molecule has 2 heteroatoms. The third kappa shape index (κ3) is 2.94. The van der Waals surface area contributed by atoms with E-state index in [2.05, 4.69) is 53.2 Å². The van der Waals surface area contributed by atoms with Crippen molar-refractivity contribution in [2.75, 3.05) is 6.54 Å². The smallest absolute Gasteiger partial charge is 0.0483 e. The first-order valence-electron chi connectivity index (χ1n) is 6.57. The predicted molar refractivity (Wildman–Crippen MR) is 77.4 cm³/mol. The summed E-state index contributed by atoms with van der Waals surface area (Å²) in [6.45, 7) is 5.06. The summed E-state index contributed by atoms with van der Waals surface area (Å²) in [7, 11) is 0. The fourth-order valence-corrected chi connectivity index (χ4v) is 2.16. The lowest BCUT2D eigenvalue weighted by molar-refractivity contribution is 0.676. The van der Waals surface area contributed by atoms with Gasteiger partial charge in [-0.15, -0.1) is 12.3 Å². The highest BCUT2D eigenvalue weighted by Crippen LogP contribution is 2.18. The average Bonchev–Trinajstić information content (AvgIpc) is 2.79. The number of benzene rings is 1. The number of hydrogen-bond donors (Lipinski definition) is 1. The van der Waals surface area contributed by atoms with Crippen LogP contribution in [0.4, 0.5) is 0 Å². The number of hydrogen-bond acceptors (Lipinski definition) is 1. The van der Waals surface area contributed by atoms with Crippen molar-refractivity contribution in [3.05, 3.63) is 36.0 Å². The molecule has 18 heavy (non-hydrogen) atoms. The maximum Gasteiger partial charge on any atom is 0.0483 e. The van der Waals surface area contributed by atoms with Gasteiger partial charge < -0.3 is 9.88 Å². The van der Waals surface area contributed by atoms with E-state index < -0.39 is 0 Å². The van der Waals surface area contributed by atoms with Crippen LogP contribution in [-0.2, 0) is 13.1 Å². The molecule has 0 spiro atoms. The molecule has 0 amide bonds. The highest BCUT2D eigenvalue weighted by Gasteiger charge is 2.02. The van der Waals surface area contributed by atoms with E-state index in [1.807, 2.05) is 0 Å². The first kappa shape index (κ1) is 12.7. The molecule has 1 aromatic heterocycles. The van der Waals surface area contributed by atoms with Crippen molar-refractivity contribution < 1.29 is 0 Å². The second-order valence-corrected chi connectivity index (χ2v) is 4.49. The van der Waals surface area contributed by atoms with Crippen LogP contribution in [0.3, 0.4) is 0 Å². The van der Waals surface area contributed by atoms with Crippen molar-refractivity contribution >= 4 is 10.9 Å². The molecule has 0 atom stereocenters. The monoisotopic (exact) mass is 240 g/mol. The lowest BCUT2D eigenvalue weighted by Gasteiger charge is -2.06. The number of nitrogens with one attached hydrogen (secondary N) is 1. The van der Waals surface area contributed by atoms with Crippen molar-refractivity contribution in [3.63, 3.8) is 0 Å². The molecule has 0 aliphatic heterocycles. The number of fused-ring (bicyclic) bond motifs is 1. The van der Waals surface area contributed by atoms with Crippen molar-refractivity contribution in [1.82, 2.24) is 9.88 Å². The van der Waals surface area contributed by atoms with Crippen LogP contribution >= 0.6 is 0 Å². The topological polar surface area (TPSA) is 17.0 Å². The van der Waals surface area contributed by atoms with Gasteiger partial charge in [-0.25, -0.2) is 0 Å². The van der Waals surface area contributed by atoms with E-state index in [1.165, 1.54) is 16.5 Å². The summed E-state index contributed by atoms with van der Waals surface area (Å²) >= 11 is 0. The Hall–Kier alpha value is -1.72. The summed E-state index contributed by atoms with van der Waals surface area (Å²) in [5.41, 5.74) is 2.64. The molecule has 94 valence electrons. The van der Waals surface area contributed by atoms with Gasteiger partial charge >= 0.3 is 0 Å². The molecule has 0 fully saturated rings. The van der Waals surface area contributed by atoms with Gasteiger partial charge in [0, 0.05) is 31.2 Å². The summed E-state index contributed by atoms with van der Waals surface area (Å²) in [6.07, 6.45) is 9.33. The van der Waals surface area contributed by atoms with Crippen LogP contribution in [0.1, 0.15) is 25.3 Å². The van der Waals surface area contributed by atoms with Gasteiger partial charge in [0.25, 0.3) is 0 Å². The van der Waals surface area contributed by atoms with Crippen LogP contribution in [0.2, 0.25) is 0 Å². The maximum atomic E-state index is 5.29. The first-order valence-corrected chi connectivity index (χ1v) is 6.57. The number of terminal acetylenes is 1. The van der Waals surface area contributed by atoms with Crippen molar-refractivity contribution in [1.29, 1.82) is 0 Å². The lowest BCUT2D eigenvalue weighted by Crippen LogP contribution is -2.11. The van der Waals surface area contributed by atoms with E-state index in [1.54, 1.807) is 0 Å². The Morgan fingerprint density at radius 1 is 1.33 bits per heavy atom. The van der Waals surface area contributed by atoms with Crippen molar-refractivity contribution in [2.45, 2.75) is 32.9 Å². The Kier molecular flexibility index (Phi) is 4.44. The summed E-state index contributed by atoms with van der Waals surface area (Å²) in [5, 5.41) is 4.66. The van der Waals surface area contributed by atoms with Gasteiger partial charge in [0.2, 0.25) is 0 Å².